The first-order valence-corrected chi connectivity index (χ1v) is 8.13. The van der Waals surface area contributed by atoms with Gasteiger partial charge < -0.3 is 10.1 Å². The van der Waals surface area contributed by atoms with Crippen LogP contribution < -0.4 is 5.32 Å². The van der Waals surface area contributed by atoms with E-state index in [9.17, 15) is 4.79 Å². The molecule has 2 fully saturated rings. The van der Waals surface area contributed by atoms with Crippen molar-refractivity contribution in [2.24, 2.45) is 11.8 Å². The van der Waals surface area contributed by atoms with Crippen molar-refractivity contribution in [1.29, 1.82) is 0 Å². The summed E-state index contributed by atoms with van der Waals surface area (Å²) < 4.78 is 5.24. The summed E-state index contributed by atoms with van der Waals surface area (Å²) in [5, 5.41) is 3.78. The summed E-state index contributed by atoms with van der Waals surface area (Å²) in [7, 11) is 0. The molecule has 0 aromatic carbocycles. The molecule has 2 aliphatic carbocycles. The fraction of sp³-hybridized carbons (Fsp3) is 0.938. The lowest BCUT2D eigenvalue weighted by molar-refractivity contribution is -0.148. The van der Waals surface area contributed by atoms with Crippen molar-refractivity contribution in [3.63, 3.8) is 0 Å². The molecule has 3 heteroatoms. The van der Waals surface area contributed by atoms with Gasteiger partial charge >= 0.3 is 5.97 Å². The van der Waals surface area contributed by atoms with Crippen LogP contribution in [0.2, 0.25) is 0 Å². The highest BCUT2D eigenvalue weighted by Gasteiger charge is 2.50. The molecular formula is C16H29NO2. The highest BCUT2D eigenvalue weighted by molar-refractivity contribution is 5.71. The van der Waals surface area contributed by atoms with Gasteiger partial charge in [-0.25, -0.2) is 0 Å². The van der Waals surface area contributed by atoms with Crippen molar-refractivity contribution in [3.05, 3.63) is 0 Å². The summed E-state index contributed by atoms with van der Waals surface area (Å²) in [6.07, 6.45) is 9.50. The molecule has 1 N–H and O–H groups in total. The smallest absolute Gasteiger partial charge is 0.307 e. The third kappa shape index (κ3) is 3.13. The van der Waals surface area contributed by atoms with Crippen molar-refractivity contribution < 1.29 is 9.53 Å². The lowest BCUT2D eigenvalue weighted by Crippen LogP contribution is -2.61. The topological polar surface area (TPSA) is 38.3 Å². The van der Waals surface area contributed by atoms with E-state index in [0.717, 1.165) is 13.0 Å². The summed E-state index contributed by atoms with van der Waals surface area (Å²) in [5.41, 5.74) is 0.0404. The average molecular weight is 267 g/mol. The second kappa shape index (κ2) is 6.74. The van der Waals surface area contributed by atoms with Crippen LogP contribution in [-0.2, 0) is 9.53 Å². The van der Waals surface area contributed by atoms with Crippen LogP contribution in [0.3, 0.4) is 0 Å². The Balaban J connectivity index is 2.09. The number of nitrogens with one attached hydrogen (secondary N) is 1. The fourth-order valence-electron chi connectivity index (χ4n) is 3.63. The number of carbonyl (C=O) groups excluding carboxylic acids is 1. The molecule has 0 radical (unpaired) electrons. The van der Waals surface area contributed by atoms with E-state index in [1.807, 2.05) is 6.92 Å². The predicted octanol–water partition coefficient (Wildman–Crippen LogP) is 3.28. The summed E-state index contributed by atoms with van der Waals surface area (Å²) in [6, 6.07) is 0. The lowest BCUT2D eigenvalue weighted by atomic mass is 9.58. The third-order valence-electron chi connectivity index (χ3n) is 5.11. The normalized spacial score (nSPS) is 20.7. The molecule has 0 amide bonds. The number of carbonyl (C=O) groups is 1. The first-order chi connectivity index (χ1) is 9.23. The Bertz CT molecular complexity index is 281. The van der Waals surface area contributed by atoms with E-state index in [1.54, 1.807) is 0 Å². The Morgan fingerprint density at radius 1 is 1.16 bits per heavy atom. The van der Waals surface area contributed by atoms with Gasteiger partial charge in [0.05, 0.1) is 13.0 Å². The van der Waals surface area contributed by atoms with Crippen molar-refractivity contribution in [2.45, 2.75) is 70.8 Å². The van der Waals surface area contributed by atoms with E-state index in [-0.39, 0.29) is 11.5 Å². The molecule has 110 valence electrons. The number of esters is 1. The van der Waals surface area contributed by atoms with Crippen LogP contribution >= 0.6 is 0 Å². The van der Waals surface area contributed by atoms with Gasteiger partial charge in [-0.3, -0.25) is 4.79 Å². The summed E-state index contributed by atoms with van der Waals surface area (Å²) in [4.78, 5) is 12.0. The predicted molar refractivity (Wildman–Crippen MR) is 77.0 cm³/mol. The molecule has 0 saturated heterocycles. The quantitative estimate of drug-likeness (QED) is 0.686. The van der Waals surface area contributed by atoms with Gasteiger partial charge in [-0.05, 0) is 57.4 Å². The van der Waals surface area contributed by atoms with Gasteiger partial charge in [0.25, 0.3) is 0 Å². The SMILES string of the molecule is CCCNC(CC(=O)OCC)(C1CCC1)C1CCC1. The standard InChI is InChI=1S/C16H29NO2/c1-3-11-17-16(13-7-5-8-13,14-9-6-10-14)12-15(18)19-4-2/h13-14,17H,3-12H2,1-2H3. The maximum Gasteiger partial charge on any atom is 0.307 e. The van der Waals surface area contributed by atoms with E-state index >= 15 is 0 Å². The van der Waals surface area contributed by atoms with Crippen LogP contribution in [0.4, 0.5) is 0 Å². The number of hydrogen-bond donors (Lipinski definition) is 1. The van der Waals surface area contributed by atoms with Gasteiger partial charge in [0.1, 0.15) is 0 Å². The van der Waals surface area contributed by atoms with Gasteiger partial charge in [0.15, 0.2) is 0 Å². The van der Waals surface area contributed by atoms with Crippen LogP contribution in [0.5, 0.6) is 0 Å². The maximum atomic E-state index is 12.0. The molecule has 0 atom stereocenters. The highest BCUT2D eigenvalue weighted by atomic mass is 16.5. The Morgan fingerprint density at radius 2 is 1.74 bits per heavy atom. The molecule has 0 aromatic heterocycles. The van der Waals surface area contributed by atoms with Gasteiger partial charge in [-0.1, -0.05) is 19.8 Å². The summed E-state index contributed by atoms with van der Waals surface area (Å²) in [6.45, 7) is 5.61. The van der Waals surface area contributed by atoms with Gasteiger partial charge in [0, 0.05) is 5.54 Å². The molecule has 19 heavy (non-hydrogen) atoms. The van der Waals surface area contributed by atoms with Crippen molar-refractivity contribution in [1.82, 2.24) is 5.32 Å². The minimum atomic E-state index is -0.00935. The van der Waals surface area contributed by atoms with E-state index in [0.29, 0.717) is 24.9 Å². The third-order valence-corrected chi connectivity index (χ3v) is 5.11. The van der Waals surface area contributed by atoms with Gasteiger partial charge in [0.2, 0.25) is 0 Å². The van der Waals surface area contributed by atoms with Gasteiger partial charge in [-0.15, -0.1) is 0 Å². The lowest BCUT2D eigenvalue weighted by Gasteiger charge is -2.53. The summed E-state index contributed by atoms with van der Waals surface area (Å²) in [5.74, 6) is 1.37. The van der Waals surface area contributed by atoms with Crippen LogP contribution in [0.1, 0.15) is 65.2 Å². The summed E-state index contributed by atoms with van der Waals surface area (Å²) >= 11 is 0. The zero-order valence-corrected chi connectivity index (χ0v) is 12.5. The molecule has 0 aromatic rings. The van der Waals surface area contributed by atoms with Crippen LogP contribution in [0.25, 0.3) is 0 Å². The van der Waals surface area contributed by atoms with E-state index in [4.69, 9.17) is 4.74 Å². The number of rotatable bonds is 8. The molecule has 2 rings (SSSR count). The Morgan fingerprint density at radius 3 is 2.11 bits per heavy atom. The molecule has 2 aliphatic rings. The van der Waals surface area contributed by atoms with Crippen molar-refractivity contribution >= 4 is 5.97 Å². The molecular weight excluding hydrogens is 238 g/mol. The first kappa shape index (κ1) is 14.8. The Labute approximate surface area is 117 Å². The highest BCUT2D eigenvalue weighted by Crippen LogP contribution is 2.49. The Kier molecular flexibility index (Phi) is 5.26. The minimum absolute atomic E-state index is 0.00935. The van der Waals surface area contributed by atoms with Crippen molar-refractivity contribution in [2.75, 3.05) is 13.2 Å². The largest absolute Gasteiger partial charge is 0.466 e. The van der Waals surface area contributed by atoms with Crippen LogP contribution in [0, 0.1) is 11.8 Å². The molecule has 0 bridgehead atoms. The molecule has 3 nitrogen and oxygen atoms in total. The monoisotopic (exact) mass is 267 g/mol. The fourth-order valence-corrected chi connectivity index (χ4v) is 3.63. The minimum Gasteiger partial charge on any atom is -0.466 e. The van der Waals surface area contributed by atoms with E-state index in [1.165, 1.54) is 38.5 Å². The second-order valence-corrected chi connectivity index (χ2v) is 6.20. The number of hydrogen-bond acceptors (Lipinski definition) is 3. The molecule has 0 heterocycles. The maximum absolute atomic E-state index is 12.0. The number of ether oxygens (including phenoxy) is 1. The molecule has 0 aliphatic heterocycles. The van der Waals surface area contributed by atoms with Crippen LogP contribution in [0.15, 0.2) is 0 Å². The van der Waals surface area contributed by atoms with Crippen LogP contribution in [-0.4, -0.2) is 24.7 Å². The zero-order valence-electron chi connectivity index (χ0n) is 12.5. The molecule has 0 spiro atoms. The average Bonchev–Trinajstić information content (AvgIpc) is 2.21. The van der Waals surface area contributed by atoms with Crippen molar-refractivity contribution in [3.8, 4) is 0 Å². The molecule has 2 saturated carbocycles. The van der Waals surface area contributed by atoms with E-state index < -0.39 is 0 Å². The van der Waals surface area contributed by atoms with Gasteiger partial charge in [-0.2, -0.15) is 0 Å². The second-order valence-electron chi connectivity index (χ2n) is 6.20. The Hall–Kier alpha value is -0.570. The molecule has 0 unspecified atom stereocenters. The zero-order chi connectivity index (χ0) is 13.7. The first-order valence-electron chi connectivity index (χ1n) is 8.13. The van der Waals surface area contributed by atoms with E-state index in [2.05, 4.69) is 12.2 Å².